The number of alkyl halides is 2. The lowest BCUT2D eigenvalue weighted by Crippen LogP contribution is -2.49. The highest BCUT2D eigenvalue weighted by molar-refractivity contribution is 5.69. The van der Waals surface area contributed by atoms with Crippen LogP contribution in [0.5, 0.6) is 5.75 Å². The van der Waals surface area contributed by atoms with Gasteiger partial charge in [-0.25, -0.2) is 13.6 Å². The molecule has 0 saturated carbocycles. The highest BCUT2D eigenvalue weighted by atomic mass is 19.3. The van der Waals surface area contributed by atoms with E-state index < -0.39 is 24.7 Å². The lowest BCUT2D eigenvalue weighted by molar-refractivity contribution is -0.104. The first-order valence-corrected chi connectivity index (χ1v) is 5.42. The van der Waals surface area contributed by atoms with Crippen LogP contribution in [0.1, 0.15) is 22.7 Å². The zero-order valence-corrected chi connectivity index (χ0v) is 9.96. The fourth-order valence-electron chi connectivity index (χ4n) is 1.99. The zero-order chi connectivity index (χ0) is 13.5. The van der Waals surface area contributed by atoms with Gasteiger partial charge in [-0.1, -0.05) is 12.1 Å². The van der Waals surface area contributed by atoms with E-state index in [9.17, 15) is 18.7 Å². The van der Waals surface area contributed by atoms with Gasteiger partial charge in [0, 0.05) is 0 Å². The Morgan fingerprint density at radius 3 is 2.50 bits per heavy atom. The Bertz CT molecular complexity index is 479. The molecule has 0 aliphatic carbocycles. The Labute approximate surface area is 103 Å². The summed E-state index contributed by atoms with van der Waals surface area (Å²) in [6.07, 6.45) is -0.866. The molecule has 1 aliphatic rings. The molecule has 1 amide bonds. The van der Waals surface area contributed by atoms with Gasteiger partial charge in [-0.05, 0) is 30.5 Å². The van der Waals surface area contributed by atoms with E-state index in [1.165, 1.54) is 12.1 Å². The first kappa shape index (κ1) is 12.6. The van der Waals surface area contributed by atoms with Gasteiger partial charge in [0.1, 0.15) is 11.8 Å². The molecule has 0 radical (unpaired) electrons. The molecule has 0 aromatic heterocycles. The molecule has 6 heteroatoms. The Morgan fingerprint density at radius 2 is 1.94 bits per heavy atom. The van der Waals surface area contributed by atoms with Crippen LogP contribution in [0.3, 0.4) is 0 Å². The van der Waals surface area contributed by atoms with Gasteiger partial charge in [0.2, 0.25) is 0 Å². The van der Waals surface area contributed by atoms with Crippen LogP contribution in [-0.4, -0.2) is 23.7 Å². The van der Waals surface area contributed by atoms with Crippen LogP contribution in [0.15, 0.2) is 12.1 Å². The molecule has 0 bridgehead atoms. The van der Waals surface area contributed by atoms with Crippen molar-refractivity contribution in [2.24, 2.45) is 0 Å². The van der Waals surface area contributed by atoms with Gasteiger partial charge in [-0.2, -0.15) is 0 Å². The van der Waals surface area contributed by atoms with Crippen molar-refractivity contribution in [2.45, 2.75) is 25.8 Å². The van der Waals surface area contributed by atoms with Crippen molar-refractivity contribution >= 4 is 6.09 Å². The molecule has 1 fully saturated rings. The van der Waals surface area contributed by atoms with E-state index in [4.69, 9.17) is 0 Å². The van der Waals surface area contributed by atoms with Gasteiger partial charge in [-0.15, -0.1) is 0 Å². The molecule has 2 N–H and O–H groups in total. The fourth-order valence-corrected chi connectivity index (χ4v) is 1.99. The van der Waals surface area contributed by atoms with E-state index in [1.54, 1.807) is 13.8 Å². The van der Waals surface area contributed by atoms with Gasteiger partial charge in [0.05, 0.1) is 0 Å². The zero-order valence-electron chi connectivity index (χ0n) is 9.96. The number of aryl methyl sites for hydroxylation is 2. The van der Waals surface area contributed by atoms with E-state index in [0.29, 0.717) is 11.1 Å². The molecule has 2 rings (SSSR count). The molecule has 18 heavy (non-hydrogen) atoms. The van der Waals surface area contributed by atoms with Crippen LogP contribution in [0.2, 0.25) is 0 Å². The van der Waals surface area contributed by atoms with Crippen LogP contribution < -0.4 is 5.32 Å². The summed E-state index contributed by atoms with van der Waals surface area (Å²) in [5.41, 5.74) is 1.23. The monoisotopic (exact) mass is 257 g/mol. The second-order valence-corrected chi connectivity index (χ2v) is 4.42. The Kier molecular flexibility index (Phi) is 2.88. The van der Waals surface area contributed by atoms with Crippen LogP contribution in [-0.2, 0) is 4.74 Å². The van der Waals surface area contributed by atoms with E-state index in [1.807, 2.05) is 0 Å². The summed E-state index contributed by atoms with van der Waals surface area (Å²) in [5, 5.41) is 11.7. The number of ether oxygens (including phenoxy) is 1. The lowest BCUT2D eigenvalue weighted by atomic mass is 9.96. The normalized spacial score (nSPS) is 22.2. The summed E-state index contributed by atoms with van der Waals surface area (Å²) >= 11 is 0. The minimum absolute atomic E-state index is 0.0699. The van der Waals surface area contributed by atoms with Gasteiger partial charge in [-0.3, -0.25) is 0 Å². The second-order valence-electron chi connectivity index (χ2n) is 4.42. The molecule has 4 nitrogen and oxygen atoms in total. The predicted octanol–water partition coefficient (Wildman–Crippen LogP) is 2.43. The number of hydrogen-bond acceptors (Lipinski definition) is 3. The van der Waals surface area contributed by atoms with Crippen molar-refractivity contribution in [3.8, 4) is 5.75 Å². The smallest absolute Gasteiger partial charge is 0.408 e. The molecule has 1 saturated heterocycles. The minimum atomic E-state index is -3.18. The molecule has 1 heterocycles. The second kappa shape index (κ2) is 4.12. The third-order valence-electron chi connectivity index (χ3n) is 2.93. The summed E-state index contributed by atoms with van der Waals surface area (Å²) < 4.78 is 31.7. The number of alkyl carbamates (subject to hydrolysis) is 1. The van der Waals surface area contributed by atoms with Crippen molar-refractivity contribution in [3.63, 3.8) is 0 Å². The number of carbonyl (C=O) groups excluding carboxylic acids is 1. The van der Waals surface area contributed by atoms with Crippen molar-refractivity contribution in [1.29, 1.82) is 0 Å². The molecular formula is C12H13F2NO3. The quantitative estimate of drug-likeness (QED) is 0.812. The number of nitrogens with one attached hydrogen (secondary N) is 1. The van der Waals surface area contributed by atoms with Crippen LogP contribution >= 0.6 is 0 Å². The Hall–Kier alpha value is -1.85. The molecule has 1 aliphatic heterocycles. The third kappa shape index (κ3) is 2.10. The molecule has 0 unspecified atom stereocenters. The number of carbonyl (C=O) groups is 1. The third-order valence-corrected chi connectivity index (χ3v) is 2.93. The number of hydrogen-bond donors (Lipinski definition) is 2. The summed E-state index contributed by atoms with van der Waals surface area (Å²) in [5.74, 6) is -3.11. The molecule has 1 aromatic carbocycles. The summed E-state index contributed by atoms with van der Waals surface area (Å²) in [6, 6.07) is 1.44. The first-order chi connectivity index (χ1) is 8.31. The number of benzene rings is 1. The highest BCUT2D eigenvalue weighted by Crippen LogP contribution is 2.36. The van der Waals surface area contributed by atoms with Crippen LogP contribution in [0.25, 0.3) is 0 Å². The Morgan fingerprint density at radius 1 is 1.39 bits per heavy atom. The SMILES string of the molecule is Cc1cc([C@H]2NC(=O)OCC2(F)F)cc(C)c1O. The largest absolute Gasteiger partial charge is 0.507 e. The number of halogens is 2. The molecule has 0 spiro atoms. The topological polar surface area (TPSA) is 58.6 Å². The maximum atomic E-state index is 13.7. The predicted molar refractivity (Wildman–Crippen MR) is 59.8 cm³/mol. The standard InChI is InChI=1S/C12H13F2NO3/c1-6-3-8(4-7(2)9(6)16)10-12(13,14)5-18-11(17)15-10/h3-4,10,16H,5H2,1-2H3,(H,15,17)/t10-/m1/s1. The van der Waals surface area contributed by atoms with Crippen LogP contribution in [0, 0.1) is 13.8 Å². The maximum absolute atomic E-state index is 13.7. The van der Waals surface area contributed by atoms with E-state index in [-0.39, 0.29) is 11.3 Å². The van der Waals surface area contributed by atoms with Gasteiger partial charge in [0.15, 0.2) is 6.61 Å². The van der Waals surface area contributed by atoms with E-state index in [0.717, 1.165) is 0 Å². The van der Waals surface area contributed by atoms with E-state index >= 15 is 0 Å². The number of rotatable bonds is 1. The van der Waals surface area contributed by atoms with Crippen molar-refractivity contribution in [1.82, 2.24) is 5.32 Å². The van der Waals surface area contributed by atoms with Gasteiger partial charge >= 0.3 is 12.0 Å². The van der Waals surface area contributed by atoms with Crippen LogP contribution in [0.4, 0.5) is 13.6 Å². The maximum Gasteiger partial charge on any atom is 0.408 e. The van der Waals surface area contributed by atoms with E-state index in [2.05, 4.69) is 10.1 Å². The minimum Gasteiger partial charge on any atom is -0.507 e. The van der Waals surface area contributed by atoms with Crippen molar-refractivity contribution in [3.05, 3.63) is 28.8 Å². The van der Waals surface area contributed by atoms with Gasteiger partial charge in [0.25, 0.3) is 0 Å². The highest BCUT2D eigenvalue weighted by Gasteiger charge is 2.46. The molecule has 1 aromatic rings. The molecule has 1 atom stereocenters. The first-order valence-electron chi connectivity index (χ1n) is 5.42. The summed E-state index contributed by atoms with van der Waals surface area (Å²) in [6.45, 7) is 2.29. The molecular weight excluding hydrogens is 244 g/mol. The average Bonchev–Trinajstić information content (AvgIpc) is 2.28. The Balaban J connectivity index is 2.43. The number of aromatic hydroxyl groups is 1. The summed E-state index contributed by atoms with van der Waals surface area (Å²) in [4.78, 5) is 11.1. The average molecular weight is 257 g/mol. The number of amides is 1. The summed E-state index contributed by atoms with van der Waals surface area (Å²) in [7, 11) is 0. The van der Waals surface area contributed by atoms with Crippen molar-refractivity contribution in [2.75, 3.05) is 6.61 Å². The lowest BCUT2D eigenvalue weighted by Gasteiger charge is -2.32. The van der Waals surface area contributed by atoms with Crippen molar-refractivity contribution < 1.29 is 23.4 Å². The number of cyclic esters (lactones) is 1. The molecule has 98 valence electrons. The fraction of sp³-hybridized carbons (Fsp3) is 0.417. The number of phenolic OH excluding ortho intramolecular Hbond substituents is 1. The number of phenols is 1. The van der Waals surface area contributed by atoms with Gasteiger partial charge < -0.3 is 15.2 Å².